The number of carbonyl (C=O) groups excluding carboxylic acids is 1. The van der Waals surface area contributed by atoms with Crippen molar-refractivity contribution in [2.45, 2.75) is 40.2 Å². The smallest absolute Gasteiger partial charge is 0.313 e. The number of aromatic nitrogens is 2. The highest BCUT2D eigenvalue weighted by atomic mass is 16.2. The Kier molecular flexibility index (Phi) is 4.04. The Morgan fingerprint density at radius 2 is 1.94 bits per heavy atom. The van der Waals surface area contributed by atoms with Gasteiger partial charge >= 0.3 is 5.69 Å². The summed E-state index contributed by atoms with van der Waals surface area (Å²) in [4.78, 5) is 37.3. The molecule has 0 radical (unpaired) electrons. The van der Waals surface area contributed by atoms with E-state index in [0.29, 0.717) is 12.3 Å². The minimum Gasteiger partial charge on any atom is -0.313 e. The minimum atomic E-state index is -0.505. The first kappa shape index (κ1) is 13.4. The van der Waals surface area contributed by atoms with Crippen molar-refractivity contribution in [1.29, 1.82) is 0 Å². The molecule has 0 aliphatic rings. The van der Waals surface area contributed by atoms with Crippen molar-refractivity contribution < 1.29 is 4.79 Å². The molecule has 17 heavy (non-hydrogen) atoms. The molecule has 0 aliphatic carbocycles. The summed E-state index contributed by atoms with van der Waals surface area (Å²) in [6.45, 7) is 7.15. The van der Waals surface area contributed by atoms with Crippen LogP contribution in [0.1, 0.15) is 50.5 Å². The number of Topliss-reactive ketones (excluding diaryl/α,β-unsaturated/α-hetero) is 1. The number of ketones is 1. The van der Waals surface area contributed by atoms with Gasteiger partial charge < -0.3 is 4.98 Å². The van der Waals surface area contributed by atoms with Crippen LogP contribution >= 0.6 is 0 Å². The lowest BCUT2D eigenvalue weighted by molar-refractivity contribution is 0.101. The minimum absolute atomic E-state index is 0.0280. The standard InChI is InChI=1S/C12H18N2O3/c1-7(2)5-8(3)14-11(16)10(9(4)15)6-13-12(14)17/h6-8H,5H2,1-4H3,(H,13,17). The fraction of sp³-hybridized carbons (Fsp3) is 0.583. The van der Waals surface area contributed by atoms with Crippen LogP contribution in [0.3, 0.4) is 0 Å². The third-order valence-corrected chi connectivity index (χ3v) is 2.64. The largest absolute Gasteiger partial charge is 0.328 e. The predicted octanol–water partition coefficient (Wildman–Crippen LogP) is 1.35. The fourth-order valence-electron chi connectivity index (χ4n) is 1.93. The molecule has 1 atom stereocenters. The number of nitrogens with one attached hydrogen (secondary N) is 1. The van der Waals surface area contributed by atoms with Gasteiger partial charge in [0.2, 0.25) is 0 Å². The Labute approximate surface area is 99.5 Å². The van der Waals surface area contributed by atoms with Crippen LogP contribution < -0.4 is 11.2 Å². The quantitative estimate of drug-likeness (QED) is 0.805. The Bertz CT molecular complexity index is 525. The average Bonchev–Trinajstić information content (AvgIpc) is 2.15. The summed E-state index contributed by atoms with van der Waals surface area (Å²) in [6.07, 6.45) is 1.90. The fourth-order valence-corrected chi connectivity index (χ4v) is 1.93. The summed E-state index contributed by atoms with van der Waals surface area (Å²) < 4.78 is 1.12. The SMILES string of the molecule is CC(=O)c1c[nH]c(=O)n(C(C)CC(C)C)c1=O. The highest BCUT2D eigenvalue weighted by Gasteiger charge is 2.16. The molecule has 5 nitrogen and oxygen atoms in total. The van der Waals surface area contributed by atoms with E-state index >= 15 is 0 Å². The molecule has 0 aromatic carbocycles. The van der Waals surface area contributed by atoms with E-state index in [-0.39, 0.29) is 17.4 Å². The van der Waals surface area contributed by atoms with Gasteiger partial charge in [0.05, 0.1) is 5.56 Å². The molecular weight excluding hydrogens is 220 g/mol. The van der Waals surface area contributed by atoms with Gasteiger partial charge in [0, 0.05) is 12.2 Å². The van der Waals surface area contributed by atoms with Crippen LogP contribution in [0, 0.1) is 5.92 Å². The zero-order chi connectivity index (χ0) is 13.2. The monoisotopic (exact) mass is 238 g/mol. The van der Waals surface area contributed by atoms with Gasteiger partial charge in [0.1, 0.15) is 0 Å². The van der Waals surface area contributed by atoms with Gasteiger partial charge in [-0.2, -0.15) is 0 Å². The van der Waals surface area contributed by atoms with E-state index in [1.54, 1.807) is 6.92 Å². The van der Waals surface area contributed by atoms with Crippen LogP contribution in [0.15, 0.2) is 15.8 Å². The molecule has 0 amide bonds. The molecule has 1 N–H and O–H groups in total. The normalized spacial score (nSPS) is 12.8. The lowest BCUT2D eigenvalue weighted by Crippen LogP contribution is -2.39. The number of H-pyrrole nitrogens is 1. The third kappa shape index (κ3) is 2.93. The molecule has 0 fully saturated rings. The molecule has 94 valence electrons. The first-order valence-corrected chi connectivity index (χ1v) is 5.69. The topological polar surface area (TPSA) is 71.9 Å². The second-order valence-electron chi connectivity index (χ2n) is 4.72. The van der Waals surface area contributed by atoms with Gasteiger partial charge in [-0.15, -0.1) is 0 Å². The van der Waals surface area contributed by atoms with Crippen LogP contribution in [0.5, 0.6) is 0 Å². The van der Waals surface area contributed by atoms with Gasteiger partial charge in [-0.05, 0) is 26.2 Å². The van der Waals surface area contributed by atoms with E-state index in [9.17, 15) is 14.4 Å². The highest BCUT2D eigenvalue weighted by Crippen LogP contribution is 2.13. The zero-order valence-corrected chi connectivity index (χ0v) is 10.6. The van der Waals surface area contributed by atoms with Crippen LogP contribution in [-0.4, -0.2) is 15.3 Å². The van der Waals surface area contributed by atoms with E-state index in [1.807, 2.05) is 13.8 Å². The lowest BCUT2D eigenvalue weighted by atomic mass is 10.0. The molecule has 1 rings (SSSR count). The first-order valence-electron chi connectivity index (χ1n) is 5.69. The second-order valence-corrected chi connectivity index (χ2v) is 4.72. The van der Waals surface area contributed by atoms with Crippen molar-refractivity contribution in [3.8, 4) is 0 Å². The van der Waals surface area contributed by atoms with Crippen molar-refractivity contribution in [2.75, 3.05) is 0 Å². The molecular formula is C12H18N2O3. The number of rotatable bonds is 4. The van der Waals surface area contributed by atoms with Gasteiger partial charge in [-0.25, -0.2) is 4.79 Å². The number of carbonyl (C=O) groups is 1. The van der Waals surface area contributed by atoms with E-state index in [2.05, 4.69) is 4.98 Å². The molecule has 0 saturated carbocycles. The Balaban J connectivity index is 3.33. The summed E-state index contributed by atoms with van der Waals surface area (Å²) in [5.74, 6) is 0.0361. The van der Waals surface area contributed by atoms with Gasteiger partial charge in [0.15, 0.2) is 5.78 Å². The maximum absolute atomic E-state index is 12.0. The first-order chi connectivity index (χ1) is 7.84. The van der Waals surface area contributed by atoms with Crippen LogP contribution in [0.2, 0.25) is 0 Å². The molecule has 0 spiro atoms. The van der Waals surface area contributed by atoms with Gasteiger partial charge in [0.25, 0.3) is 5.56 Å². The lowest BCUT2D eigenvalue weighted by Gasteiger charge is -2.16. The second kappa shape index (κ2) is 5.12. The van der Waals surface area contributed by atoms with Gasteiger partial charge in [-0.1, -0.05) is 13.8 Å². The molecule has 0 saturated heterocycles. The summed E-state index contributed by atoms with van der Waals surface area (Å²) in [7, 11) is 0. The number of nitrogens with zero attached hydrogens (tertiary/aromatic N) is 1. The maximum Gasteiger partial charge on any atom is 0.328 e. The van der Waals surface area contributed by atoms with E-state index in [1.165, 1.54) is 13.1 Å². The number of hydrogen-bond donors (Lipinski definition) is 1. The summed E-state index contributed by atoms with van der Waals surface area (Å²) in [5, 5.41) is 0. The predicted molar refractivity (Wildman–Crippen MR) is 65.5 cm³/mol. The van der Waals surface area contributed by atoms with E-state index in [0.717, 1.165) is 4.57 Å². The molecule has 5 heteroatoms. The van der Waals surface area contributed by atoms with Gasteiger partial charge in [-0.3, -0.25) is 14.2 Å². The van der Waals surface area contributed by atoms with E-state index in [4.69, 9.17) is 0 Å². The molecule has 1 heterocycles. The Hall–Kier alpha value is -1.65. The third-order valence-electron chi connectivity index (χ3n) is 2.64. The number of hydrogen-bond acceptors (Lipinski definition) is 3. The average molecular weight is 238 g/mol. The van der Waals surface area contributed by atoms with Crippen LogP contribution in [0.25, 0.3) is 0 Å². The Morgan fingerprint density at radius 3 is 2.41 bits per heavy atom. The number of aromatic amines is 1. The van der Waals surface area contributed by atoms with Crippen molar-refractivity contribution in [1.82, 2.24) is 9.55 Å². The summed E-state index contributed by atoms with van der Waals surface area (Å²) in [6, 6.07) is -0.217. The van der Waals surface area contributed by atoms with Crippen LogP contribution in [-0.2, 0) is 0 Å². The summed E-state index contributed by atoms with van der Waals surface area (Å²) in [5.41, 5.74) is -0.942. The van der Waals surface area contributed by atoms with Crippen molar-refractivity contribution in [3.05, 3.63) is 32.6 Å². The molecule has 1 unspecified atom stereocenters. The summed E-state index contributed by atoms with van der Waals surface area (Å²) >= 11 is 0. The highest BCUT2D eigenvalue weighted by molar-refractivity contribution is 5.93. The molecule has 0 bridgehead atoms. The van der Waals surface area contributed by atoms with Crippen molar-refractivity contribution in [2.24, 2.45) is 5.92 Å². The van der Waals surface area contributed by atoms with Crippen molar-refractivity contribution in [3.63, 3.8) is 0 Å². The molecule has 1 aromatic rings. The van der Waals surface area contributed by atoms with Crippen molar-refractivity contribution >= 4 is 5.78 Å². The molecule has 1 aromatic heterocycles. The Morgan fingerprint density at radius 1 is 1.35 bits per heavy atom. The molecule has 0 aliphatic heterocycles. The van der Waals surface area contributed by atoms with Crippen LogP contribution in [0.4, 0.5) is 0 Å². The maximum atomic E-state index is 12.0. The zero-order valence-electron chi connectivity index (χ0n) is 10.6. The van der Waals surface area contributed by atoms with E-state index < -0.39 is 11.2 Å².